The van der Waals surface area contributed by atoms with Crippen molar-refractivity contribution in [3.05, 3.63) is 57.5 Å². The number of rotatable bonds is 6. The molecule has 0 bridgehead atoms. The van der Waals surface area contributed by atoms with Crippen molar-refractivity contribution >= 4 is 27.5 Å². The van der Waals surface area contributed by atoms with E-state index in [1.165, 1.54) is 0 Å². The van der Waals surface area contributed by atoms with E-state index in [9.17, 15) is 0 Å². The zero-order chi connectivity index (χ0) is 14.4. The van der Waals surface area contributed by atoms with Crippen molar-refractivity contribution in [3.8, 4) is 11.5 Å². The summed E-state index contributed by atoms with van der Waals surface area (Å²) in [6.07, 6.45) is 0. The molecule has 0 aromatic heterocycles. The van der Waals surface area contributed by atoms with Gasteiger partial charge >= 0.3 is 0 Å². The van der Waals surface area contributed by atoms with Gasteiger partial charge in [-0.3, -0.25) is 0 Å². The second-order valence-electron chi connectivity index (χ2n) is 4.06. The van der Waals surface area contributed by atoms with Crippen molar-refractivity contribution < 1.29 is 14.2 Å². The summed E-state index contributed by atoms with van der Waals surface area (Å²) in [7, 11) is 1.60. The summed E-state index contributed by atoms with van der Waals surface area (Å²) < 4.78 is 16.8. The second kappa shape index (κ2) is 7.64. The van der Waals surface area contributed by atoms with Gasteiger partial charge in [0.05, 0.1) is 6.61 Å². The largest absolute Gasteiger partial charge is 0.457 e. The van der Waals surface area contributed by atoms with Crippen LogP contribution in [0.4, 0.5) is 0 Å². The predicted octanol–water partition coefficient (Wildman–Crippen LogP) is 5.02. The summed E-state index contributed by atoms with van der Waals surface area (Å²) in [5.41, 5.74) is 1.03. The minimum atomic E-state index is 0.273. The molecule has 0 radical (unpaired) electrons. The van der Waals surface area contributed by atoms with Crippen LogP contribution in [0.3, 0.4) is 0 Å². The first-order valence-electron chi connectivity index (χ1n) is 5.97. The van der Waals surface area contributed by atoms with E-state index in [-0.39, 0.29) is 6.79 Å². The molecule has 5 heteroatoms. The molecule has 0 spiro atoms. The van der Waals surface area contributed by atoms with Gasteiger partial charge < -0.3 is 14.2 Å². The monoisotopic (exact) mass is 356 g/mol. The number of ether oxygens (including phenoxy) is 3. The third-order valence-corrected chi connectivity index (χ3v) is 3.52. The van der Waals surface area contributed by atoms with E-state index in [1.54, 1.807) is 19.2 Å². The van der Waals surface area contributed by atoms with Gasteiger partial charge in [-0.1, -0.05) is 33.6 Å². The highest BCUT2D eigenvalue weighted by molar-refractivity contribution is 9.10. The molecule has 106 valence electrons. The molecule has 0 aliphatic heterocycles. The lowest BCUT2D eigenvalue weighted by molar-refractivity contribution is -0.0392. The first-order chi connectivity index (χ1) is 9.69. The van der Waals surface area contributed by atoms with Crippen LogP contribution in [-0.4, -0.2) is 13.9 Å². The Bertz CT molecular complexity index is 558. The fourth-order valence-electron chi connectivity index (χ4n) is 1.58. The molecule has 20 heavy (non-hydrogen) atoms. The predicted molar refractivity (Wildman–Crippen MR) is 82.3 cm³/mol. The van der Waals surface area contributed by atoms with E-state index >= 15 is 0 Å². The minimum absolute atomic E-state index is 0.273. The fraction of sp³-hybridized carbons (Fsp3) is 0.200. The van der Waals surface area contributed by atoms with Gasteiger partial charge in [-0.15, -0.1) is 0 Å². The Hall–Kier alpha value is -1.07. The number of benzene rings is 2. The average Bonchev–Trinajstić information content (AvgIpc) is 2.44. The van der Waals surface area contributed by atoms with Gasteiger partial charge in [-0.05, 0) is 42.0 Å². The highest BCUT2D eigenvalue weighted by Crippen LogP contribution is 2.28. The lowest BCUT2D eigenvalue weighted by atomic mass is 10.2. The molecule has 0 unspecified atom stereocenters. The van der Waals surface area contributed by atoms with Crippen LogP contribution in [0.15, 0.2) is 46.9 Å². The van der Waals surface area contributed by atoms with Gasteiger partial charge in [0.1, 0.15) is 18.3 Å². The van der Waals surface area contributed by atoms with Crippen molar-refractivity contribution in [1.29, 1.82) is 0 Å². The van der Waals surface area contributed by atoms with Gasteiger partial charge in [-0.2, -0.15) is 0 Å². The summed E-state index contributed by atoms with van der Waals surface area (Å²) in [6, 6.07) is 13.0. The smallest absolute Gasteiger partial charge is 0.146 e. The van der Waals surface area contributed by atoms with Crippen LogP contribution in [0, 0.1) is 0 Å². The molecule has 2 aromatic carbocycles. The van der Waals surface area contributed by atoms with E-state index in [2.05, 4.69) is 15.9 Å². The number of hydrogen-bond acceptors (Lipinski definition) is 3. The molecule has 0 saturated carbocycles. The van der Waals surface area contributed by atoms with E-state index in [0.717, 1.165) is 21.5 Å². The van der Waals surface area contributed by atoms with Gasteiger partial charge in [0.15, 0.2) is 0 Å². The Morgan fingerprint density at radius 3 is 2.40 bits per heavy atom. The Morgan fingerprint density at radius 1 is 1.05 bits per heavy atom. The van der Waals surface area contributed by atoms with Gasteiger partial charge in [-0.25, -0.2) is 0 Å². The molecular formula is C15H14BrClO3. The summed E-state index contributed by atoms with van der Waals surface area (Å²) in [4.78, 5) is 0. The normalized spacial score (nSPS) is 10.6. The first-order valence-corrected chi connectivity index (χ1v) is 7.14. The summed E-state index contributed by atoms with van der Waals surface area (Å²) in [5, 5.41) is 0.684. The van der Waals surface area contributed by atoms with Crippen molar-refractivity contribution in [2.75, 3.05) is 13.9 Å². The Morgan fingerprint density at radius 2 is 1.75 bits per heavy atom. The Labute approximate surface area is 131 Å². The zero-order valence-electron chi connectivity index (χ0n) is 10.9. The van der Waals surface area contributed by atoms with Crippen LogP contribution in [-0.2, 0) is 16.1 Å². The third kappa shape index (κ3) is 4.49. The SMILES string of the molecule is COCOCc1ccc(Oc2ccc(Cl)cc2)cc1Br. The molecule has 0 heterocycles. The van der Waals surface area contributed by atoms with E-state index in [1.807, 2.05) is 30.3 Å². The molecule has 0 aliphatic carbocycles. The van der Waals surface area contributed by atoms with Crippen molar-refractivity contribution in [1.82, 2.24) is 0 Å². The minimum Gasteiger partial charge on any atom is -0.457 e. The second-order valence-corrected chi connectivity index (χ2v) is 5.35. The molecule has 0 amide bonds. The van der Waals surface area contributed by atoms with Gasteiger partial charge in [0, 0.05) is 16.6 Å². The van der Waals surface area contributed by atoms with Gasteiger partial charge in [0.2, 0.25) is 0 Å². The highest BCUT2D eigenvalue weighted by atomic mass is 79.9. The van der Waals surface area contributed by atoms with Crippen LogP contribution in [0.2, 0.25) is 5.02 Å². The topological polar surface area (TPSA) is 27.7 Å². The quantitative estimate of drug-likeness (QED) is 0.537. The third-order valence-electron chi connectivity index (χ3n) is 2.53. The van der Waals surface area contributed by atoms with Gasteiger partial charge in [0.25, 0.3) is 0 Å². The molecule has 2 rings (SSSR count). The molecule has 0 saturated heterocycles. The molecule has 3 nitrogen and oxygen atoms in total. The maximum absolute atomic E-state index is 5.83. The summed E-state index contributed by atoms with van der Waals surface area (Å²) >= 11 is 9.34. The van der Waals surface area contributed by atoms with Crippen molar-refractivity contribution in [3.63, 3.8) is 0 Å². The molecular weight excluding hydrogens is 344 g/mol. The van der Waals surface area contributed by atoms with E-state index < -0.39 is 0 Å². The summed E-state index contributed by atoms with van der Waals surface area (Å²) in [5.74, 6) is 1.49. The standard InChI is InChI=1S/C15H14BrClO3/c1-18-10-19-9-11-2-5-14(8-15(11)16)20-13-6-3-12(17)4-7-13/h2-8H,9-10H2,1H3. The maximum atomic E-state index is 5.83. The number of halogens is 2. The fourth-order valence-corrected chi connectivity index (χ4v) is 2.18. The Kier molecular flexibility index (Phi) is 5.86. The lowest BCUT2D eigenvalue weighted by Gasteiger charge is -2.09. The lowest BCUT2D eigenvalue weighted by Crippen LogP contribution is -1.97. The average molecular weight is 358 g/mol. The van der Waals surface area contributed by atoms with E-state index in [0.29, 0.717) is 11.6 Å². The molecule has 2 aromatic rings. The molecule has 0 atom stereocenters. The first kappa shape index (κ1) is 15.3. The van der Waals surface area contributed by atoms with Crippen LogP contribution in [0.5, 0.6) is 11.5 Å². The molecule has 0 fully saturated rings. The molecule has 0 aliphatic rings. The number of methoxy groups -OCH3 is 1. The molecule has 0 N–H and O–H groups in total. The number of hydrogen-bond donors (Lipinski definition) is 0. The van der Waals surface area contributed by atoms with Crippen LogP contribution in [0.1, 0.15) is 5.56 Å². The van der Waals surface area contributed by atoms with Crippen LogP contribution < -0.4 is 4.74 Å². The summed E-state index contributed by atoms with van der Waals surface area (Å²) in [6.45, 7) is 0.755. The van der Waals surface area contributed by atoms with Crippen LogP contribution in [0.25, 0.3) is 0 Å². The van der Waals surface area contributed by atoms with Crippen molar-refractivity contribution in [2.45, 2.75) is 6.61 Å². The van der Waals surface area contributed by atoms with Crippen LogP contribution >= 0.6 is 27.5 Å². The maximum Gasteiger partial charge on any atom is 0.146 e. The zero-order valence-corrected chi connectivity index (χ0v) is 13.3. The van der Waals surface area contributed by atoms with Crippen molar-refractivity contribution in [2.24, 2.45) is 0 Å². The highest BCUT2D eigenvalue weighted by Gasteiger charge is 2.04. The van der Waals surface area contributed by atoms with E-state index in [4.69, 9.17) is 25.8 Å². The Balaban J connectivity index is 2.03.